The van der Waals surface area contributed by atoms with Crippen LogP contribution in [0.25, 0.3) is 0 Å². The van der Waals surface area contributed by atoms with Gasteiger partial charge in [0.15, 0.2) is 6.10 Å². The van der Waals surface area contributed by atoms with E-state index in [0.717, 1.165) is 64.2 Å². The summed E-state index contributed by atoms with van der Waals surface area (Å²) >= 11 is 0. The van der Waals surface area contributed by atoms with Gasteiger partial charge in [0.25, 0.3) is 0 Å². The van der Waals surface area contributed by atoms with Crippen molar-refractivity contribution >= 4 is 17.9 Å². The van der Waals surface area contributed by atoms with Crippen LogP contribution >= 0.6 is 0 Å². The molecule has 0 N–H and O–H groups in total. The van der Waals surface area contributed by atoms with Crippen molar-refractivity contribution in [2.24, 2.45) is 0 Å². The maximum atomic E-state index is 12.9. The Morgan fingerprint density at radius 2 is 0.478 bits per heavy atom. The molecule has 69 heavy (non-hydrogen) atoms. The quantitative estimate of drug-likeness (QED) is 0.0261. The van der Waals surface area contributed by atoms with Crippen molar-refractivity contribution < 1.29 is 28.6 Å². The van der Waals surface area contributed by atoms with Crippen LogP contribution in [0.15, 0.2) is 12.2 Å². The van der Waals surface area contributed by atoms with E-state index in [1.807, 2.05) is 0 Å². The van der Waals surface area contributed by atoms with Gasteiger partial charge in [-0.2, -0.15) is 0 Å². The van der Waals surface area contributed by atoms with E-state index in [1.54, 1.807) is 0 Å². The topological polar surface area (TPSA) is 78.9 Å². The fourth-order valence-corrected chi connectivity index (χ4v) is 9.56. The van der Waals surface area contributed by atoms with Gasteiger partial charge < -0.3 is 14.2 Å². The zero-order chi connectivity index (χ0) is 50.0. The van der Waals surface area contributed by atoms with Crippen molar-refractivity contribution in [1.29, 1.82) is 0 Å². The highest BCUT2D eigenvalue weighted by atomic mass is 16.6. The average Bonchev–Trinajstić information content (AvgIpc) is 3.35. The van der Waals surface area contributed by atoms with Gasteiger partial charge in [-0.05, 0) is 44.9 Å². The Balaban J connectivity index is 4.31. The minimum absolute atomic E-state index is 0.0661. The lowest BCUT2D eigenvalue weighted by Crippen LogP contribution is -2.30. The van der Waals surface area contributed by atoms with Crippen LogP contribution in [0.1, 0.15) is 355 Å². The third kappa shape index (κ3) is 56.9. The summed E-state index contributed by atoms with van der Waals surface area (Å²) in [5, 5.41) is 0. The number of carbonyl (C=O) groups is 3. The summed E-state index contributed by atoms with van der Waals surface area (Å²) in [5.74, 6) is -0.845. The summed E-state index contributed by atoms with van der Waals surface area (Å²) in [6.45, 7) is 6.71. The van der Waals surface area contributed by atoms with E-state index in [2.05, 4.69) is 32.9 Å². The van der Waals surface area contributed by atoms with Gasteiger partial charge in [-0.25, -0.2) is 0 Å². The fourth-order valence-electron chi connectivity index (χ4n) is 9.56. The minimum atomic E-state index is -0.768. The van der Waals surface area contributed by atoms with Gasteiger partial charge in [0.05, 0.1) is 0 Å². The lowest BCUT2D eigenvalue weighted by Gasteiger charge is -2.18. The van der Waals surface area contributed by atoms with Gasteiger partial charge in [-0.3, -0.25) is 14.4 Å². The molecule has 408 valence electrons. The van der Waals surface area contributed by atoms with Crippen molar-refractivity contribution in [3.63, 3.8) is 0 Å². The second-order valence-electron chi connectivity index (χ2n) is 21.3. The molecule has 6 nitrogen and oxygen atoms in total. The molecule has 0 rings (SSSR count). The first-order valence-corrected chi connectivity index (χ1v) is 31.2. The molecule has 0 saturated carbocycles. The molecule has 1 atom stereocenters. The van der Waals surface area contributed by atoms with Crippen LogP contribution in [0.3, 0.4) is 0 Å². The zero-order valence-corrected chi connectivity index (χ0v) is 46.9. The van der Waals surface area contributed by atoms with Gasteiger partial charge in [0, 0.05) is 19.3 Å². The van der Waals surface area contributed by atoms with E-state index in [4.69, 9.17) is 14.2 Å². The number of allylic oxidation sites excluding steroid dienone is 2. The maximum Gasteiger partial charge on any atom is 0.306 e. The molecule has 0 spiro atoms. The van der Waals surface area contributed by atoms with Gasteiger partial charge >= 0.3 is 17.9 Å². The molecule has 0 aromatic carbocycles. The third-order valence-electron chi connectivity index (χ3n) is 14.3. The van der Waals surface area contributed by atoms with Crippen LogP contribution in [-0.2, 0) is 28.6 Å². The number of unbranched alkanes of at least 4 members (excludes halogenated alkanes) is 45. The summed E-state index contributed by atoms with van der Waals surface area (Å²) in [5.41, 5.74) is 0. The number of esters is 3. The Bertz CT molecular complexity index is 1070. The average molecular weight is 974 g/mol. The fraction of sp³-hybridized carbons (Fsp3) is 0.921. The molecule has 0 aromatic rings. The lowest BCUT2D eigenvalue weighted by molar-refractivity contribution is -0.167. The molecule has 0 fully saturated rings. The minimum Gasteiger partial charge on any atom is -0.462 e. The molecule has 1 unspecified atom stereocenters. The summed E-state index contributed by atoms with van der Waals surface area (Å²) in [6.07, 6.45) is 67.8. The second kappa shape index (κ2) is 58.7. The van der Waals surface area contributed by atoms with Crippen LogP contribution in [0, 0.1) is 0 Å². The van der Waals surface area contributed by atoms with Crippen molar-refractivity contribution in [2.45, 2.75) is 361 Å². The van der Waals surface area contributed by atoms with Gasteiger partial charge in [-0.1, -0.05) is 303 Å². The van der Waals surface area contributed by atoms with Crippen molar-refractivity contribution in [3.8, 4) is 0 Å². The largest absolute Gasteiger partial charge is 0.462 e. The van der Waals surface area contributed by atoms with Gasteiger partial charge in [0.2, 0.25) is 0 Å². The highest BCUT2D eigenvalue weighted by Crippen LogP contribution is 2.18. The maximum absolute atomic E-state index is 12.9. The first-order valence-electron chi connectivity index (χ1n) is 31.2. The number of hydrogen-bond acceptors (Lipinski definition) is 6. The Kier molecular flexibility index (Phi) is 57.1. The Morgan fingerprint density at radius 1 is 0.275 bits per heavy atom. The normalized spacial score (nSPS) is 12.0. The Morgan fingerprint density at radius 3 is 0.725 bits per heavy atom. The molecular weight excluding hydrogens is 853 g/mol. The standard InChI is InChI=1S/C63H120O6/c1-4-7-10-13-16-19-22-25-28-30-32-35-38-41-44-47-50-53-56-62(65)68-59-60(58-67-61(64)55-52-49-46-43-40-37-34-27-24-21-18-15-12-9-6-3)69-63(66)57-54-51-48-45-42-39-36-33-31-29-26-23-20-17-14-11-8-5-2/h32,35,60H,4-31,33-34,36-59H2,1-3H3/b35-32-. The second-order valence-corrected chi connectivity index (χ2v) is 21.3. The monoisotopic (exact) mass is 973 g/mol. The SMILES string of the molecule is CCCCCCCCCCC/C=C\CCCCCCCC(=O)OCC(COC(=O)CCCCCCCCCCCCCCCCC)OC(=O)CCCCCCCCCCCCCCCCCCCC. The van der Waals surface area contributed by atoms with E-state index in [-0.39, 0.29) is 31.1 Å². The van der Waals surface area contributed by atoms with E-state index in [0.29, 0.717) is 19.3 Å². The predicted octanol–water partition coefficient (Wildman–Crippen LogP) is 20.9. The number of carbonyl (C=O) groups excluding carboxylic acids is 3. The van der Waals surface area contributed by atoms with Crippen molar-refractivity contribution in [2.75, 3.05) is 13.2 Å². The Labute approximate surface area is 431 Å². The lowest BCUT2D eigenvalue weighted by atomic mass is 10.0. The van der Waals surface area contributed by atoms with Crippen LogP contribution in [0.4, 0.5) is 0 Å². The summed E-state index contributed by atoms with van der Waals surface area (Å²) < 4.78 is 16.9. The highest BCUT2D eigenvalue weighted by molar-refractivity contribution is 5.71. The molecule has 0 saturated heterocycles. The first kappa shape index (κ1) is 67.1. The van der Waals surface area contributed by atoms with E-state index < -0.39 is 6.10 Å². The summed E-state index contributed by atoms with van der Waals surface area (Å²) in [7, 11) is 0. The van der Waals surface area contributed by atoms with Crippen LogP contribution in [-0.4, -0.2) is 37.2 Å². The van der Waals surface area contributed by atoms with Crippen LogP contribution in [0.2, 0.25) is 0 Å². The highest BCUT2D eigenvalue weighted by Gasteiger charge is 2.19. The third-order valence-corrected chi connectivity index (χ3v) is 14.3. The Hall–Kier alpha value is -1.85. The molecule has 0 amide bonds. The summed E-state index contributed by atoms with van der Waals surface area (Å²) in [4.78, 5) is 38.3. The number of hydrogen-bond donors (Lipinski definition) is 0. The molecule has 0 aliphatic heterocycles. The van der Waals surface area contributed by atoms with Crippen LogP contribution in [0.5, 0.6) is 0 Å². The van der Waals surface area contributed by atoms with E-state index >= 15 is 0 Å². The molecule has 0 aromatic heterocycles. The van der Waals surface area contributed by atoms with Crippen LogP contribution < -0.4 is 0 Å². The summed E-state index contributed by atoms with van der Waals surface area (Å²) in [6, 6.07) is 0. The van der Waals surface area contributed by atoms with E-state index in [9.17, 15) is 14.4 Å². The van der Waals surface area contributed by atoms with Gasteiger partial charge in [0.1, 0.15) is 13.2 Å². The number of ether oxygens (including phenoxy) is 3. The molecule has 0 aliphatic carbocycles. The molecule has 0 heterocycles. The smallest absolute Gasteiger partial charge is 0.306 e. The van der Waals surface area contributed by atoms with Crippen molar-refractivity contribution in [3.05, 3.63) is 12.2 Å². The first-order chi connectivity index (χ1) is 34.0. The predicted molar refractivity (Wildman–Crippen MR) is 298 cm³/mol. The molecular formula is C63H120O6. The van der Waals surface area contributed by atoms with Gasteiger partial charge in [-0.15, -0.1) is 0 Å². The number of rotatable bonds is 58. The molecule has 0 bridgehead atoms. The zero-order valence-electron chi connectivity index (χ0n) is 46.9. The molecule has 0 aliphatic rings. The molecule has 6 heteroatoms. The van der Waals surface area contributed by atoms with Crippen molar-refractivity contribution in [1.82, 2.24) is 0 Å². The molecule has 0 radical (unpaired) electrons. The van der Waals surface area contributed by atoms with E-state index in [1.165, 1.54) is 250 Å².